The van der Waals surface area contributed by atoms with Crippen molar-refractivity contribution in [3.63, 3.8) is 0 Å². The summed E-state index contributed by atoms with van der Waals surface area (Å²) in [4.78, 5) is 26.4. The summed E-state index contributed by atoms with van der Waals surface area (Å²) in [6.45, 7) is 11.9. The van der Waals surface area contributed by atoms with Gasteiger partial charge in [-0.05, 0) is 111 Å². The predicted molar refractivity (Wildman–Crippen MR) is 226 cm³/mol. The molecule has 4 saturated carbocycles. The van der Waals surface area contributed by atoms with Gasteiger partial charge in [-0.25, -0.2) is 4.79 Å². The highest BCUT2D eigenvalue weighted by atomic mass is 16.8. The molecule has 3 unspecified atom stereocenters. The fourth-order valence-corrected chi connectivity index (χ4v) is 14.7. The zero-order valence-electron chi connectivity index (χ0n) is 38.8. The van der Waals surface area contributed by atoms with Crippen molar-refractivity contribution in [2.45, 2.75) is 198 Å². The maximum atomic E-state index is 14.1. The lowest BCUT2D eigenvalue weighted by molar-refractivity contribution is -0.367. The fraction of sp³-hybridized carbons (Fsp3) is 0.915. The number of ether oxygens (including phenoxy) is 6. The van der Waals surface area contributed by atoms with E-state index in [2.05, 4.69) is 33.8 Å². The van der Waals surface area contributed by atoms with Crippen molar-refractivity contribution in [3.8, 4) is 0 Å². The molecule has 0 aromatic rings. The van der Waals surface area contributed by atoms with Crippen molar-refractivity contribution < 1.29 is 94.2 Å². The summed E-state index contributed by atoms with van der Waals surface area (Å²) in [5.74, 6) is -2.02. The number of carbonyl (C=O) groups excluding carboxylic acids is 1. The van der Waals surface area contributed by atoms with Gasteiger partial charge in [-0.2, -0.15) is 0 Å². The van der Waals surface area contributed by atoms with Gasteiger partial charge in [-0.15, -0.1) is 0 Å². The Hall–Kier alpha value is -1.92. The highest BCUT2D eigenvalue weighted by Gasteiger charge is 2.69. The second-order valence-electron chi connectivity index (χ2n) is 22.8. The van der Waals surface area contributed by atoms with Crippen LogP contribution in [0.1, 0.15) is 106 Å². The van der Waals surface area contributed by atoms with E-state index in [-0.39, 0.29) is 46.0 Å². The summed E-state index contributed by atoms with van der Waals surface area (Å²) in [5, 5.41) is 116. The Morgan fingerprint density at radius 2 is 1.39 bits per heavy atom. The maximum Gasteiger partial charge on any atom is 0.335 e. The minimum atomic E-state index is -1.96. The standard InChI is InChI=1S/C47H74O19/c1-42-13-14-43(2,41(60)66-39-34(57)30(53)29(52)24(18-48)62-39)17-22(42)21-7-8-26-44(3)11-10-27(45(4,20-49)25(44)9-12-47(26,6)46(21,5)16-15-42)63-40-36(32(55)31(54)35(64-40)37(58)59)65-38-33(56)28(51)23(50)19-61-38/h7,22-36,38-40,48-57H,8-20H2,1-6H3,(H,58,59)/t22?,23-,24-,25?,26?,27+,28+,29-,30+,31+,32+,33-,34-,35+,36-,38+,39+,40-,42-,43-,44+,45-,46-,47-/m1/s1. The molecule has 19 nitrogen and oxygen atoms in total. The van der Waals surface area contributed by atoms with Crippen LogP contribution in [0, 0.1) is 50.2 Å². The van der Waals surface area contributed by atoms with Gasteiger partial charge in [0.05, 0.1) is 31.3 Å². The predicted octanol–water partition coefficient (Wildman–Crippen LogP) is -0.156. The summed E-state index contributed by atoms with van der Waals surface area (Å²) < 4.78 is 35.1. The van der Waals surface area contributed by atoms with Crippen molar-refractivity contribution in [2.75, 3.05) is 19.8 Å². The Labute approximate surface area is 385 Å². The number of hydrogen-bond acceptors (Lipinski definition) is 18. The average molecular weight is 943 g/mol. The van der Waals surface area contributed by atoms with Gasteiger partial charge in [0, 0.05) is 5.41 Å². The molecule has 3 aliphatic heterocycles. The van der Waals surface area contributed by atoms with E-state index in [9.17, 15) is 65.8 Å². The summed E-state index contributed by atoms with van der Waals surface area (Å²) in [5.41, 5.74) is -1.38. The molecule has 8 aliphatic rings. The molecule has 0 spiro atoms. The van der Waals surface area contributed by atoms with Gasteiger partial charge in [-0.3, -0.25) is 4.79 Å². The van der Waals surface area contributed by atoms with Crippen molar-refractivity contribution in [1.29, 1.82) is 0 Å². The number of aliphatic hydroxyl groups is 10. The number of aliphatic carboxylic acids is 1. The molecule has 0 amide bonds. The van der Waals surface area contributed by atoms with E-state index in [1.165, 1.54) is 5.57 Å². The third-order valence-electron chi connectivity index (χ3n) is 19.3. The summed E-state index contributed by atoms with van der Waals surface area (Å²) in [6.07, 6.45) is -14.4. The first-order valence-corrected chi connectivity index (χ1v) is 23.9. The second kappa shape index (κ2) is 17.7. The zero-order chi connectivity index (χ0) is 48.3. The second-order valence-corrected chi connectivity index (χ2v) is 22.8. The molecule has 3 heterocycles. The van der Waals surface area contributed by atoms with Crippen LogP contribution in [0.5, 0.6) is 0 Å². The molecule has 8 rings (SSSR count). The largest absolute Gasteiger partial charge is 0.479 e. The van der Waals surface area contributed by atoms with E-state index >= 15 is 0 Å². The highest BCUT2D eigenvalue weighted by Crippen LogP contribution is 2.76. The summed E-state index contributed by atoms with van der Waals surface area (Å²) >= 11 is 0. The molecular weight excluding hydrogens is 868 g/mol. The number of carboxylic acid groups (broad SMARTS) is 1. The van der Waals surface area contributed by atoms with Crippen molar-refractivity contribution in [1.82, 2.24) is 0 Å². The number of fused-ring (bicyclic) bond motifs is 7. The van der Waals surface area contributed by atoms with Crippen LogP contribution in [0.2, 0.25) is 0 Å². The first-order chi connectivity index (χ1) is 30.8. The molecule has 3 saturated heterocycles. The minimum absolute atomic E-state index is 0.0371. The van der Waals surface area contributed by atoms with Gasteiger partial charge in [0.25, 0.3) is 0 Å². The summed E-state index contributed by atoms with van der Waals surface area (Å²) in [7, 11) is 0. The number of aliphatic hydroxyl groups excluding tert-OH is 10. The molecule has 0 aromatic carbocycles. The highest BCUT2D eigenvalue weighted by molar-refractivity contribution is 5.77. The lowest BCUT2D eigenvalue weighted by Crippen LogP contribution is -2.67. The van der Waals surface area contributed by atoms with Crippen molar-refractivity contribution in [3.05, 3.63) is 11.6 Å². The van der Waals surface area contributed by atoms with E-state index < -0.39 is 128 Å². The van der Waals surface area contributed by atoms with Crippen LogP contribution < -0.4 is 0 Å². The lowest BCUT2D eigenvalue weighted by Gasteiger charge is -2.71. The Morgan fingerprint density at radius 3 is 2.06 bits per heavy atom. The number of hydrogen-bond donors (Lipinski definition) is 11. The van der Waals surface area contributed by atoms with Gasteiger partial charge in [0.1, 0.15) is 61.0 Å². The molecule has 11 N–H and O–H groups in total. The van der Waals surface area contributed by atoms with E-state index in [0.717, 1.165) is 38.5 Å². The maximum absolute atomic E-state index is 14.1. The molecule has 66 heavy (non-hydrogen) atoms. The van der Waals surface area contributed by atoms with Crippen LogP contribution in [-0.2, 0) is 38.0 Å². The number of rotatable bonds is 9. The Morgan fingerprint density at radius 1 is 0.712 bits per heavy atom. The summed E-state index contributed by atoms with van der Waals surface area (Å²) in [6, 6.07) is 0. The first-order valence-electron chi connectivity index (χ1n) is 23.9. The number of carboxylic acids is 1. The topological polar surface area (TPSA) is 312 Å². The smallest absolute Gasteiger partial charge is 0.335 e. The van der Waals surface area contributed by atoms with Crippen LogP contribution in [0.25, 0.3) is 0 Å². The lowest BCUT2D eigenvalue weighted by atomic mass is 9.33. The molecule has 0 aromatic heterocycles. The quantitative estimate of drug-likeness (QED) is 0.0813. The van der Waals surface area contributed by atoms with Crippen molar-refractivity contribution >= 4 is 11.9 Å². The van der Waals surface area contributed by atoms with Gasteiger partial charge in [-0.1, -0.05) is 46.3 Å². The number of allylic oxidation sites excluding steroid dienone is 2. The fourth-order valence-electron chi connectivity index (χ4n) is 14.7. The van der Waals surface area contributed by atoms with Gasteiger partial charge in [0.15, 0.2) is 18.7 Å². The van der Waals surface area contributed by atoms with E-state index in [1.54, 1.807) is 0 Å². The Kier molecular flexibility index (Phi) is 13.6. The number of carbonyl (C=O) groups is 2. The third-order valence-corrected chi connectivity index (χ3v) is 19.3. The Bertz CT molecular complexity index is 1850. The zero-order valence-corrected chi connectivity index (χ0v) is 38.8. The molecule has 19 heteroatoms. The molecule has 0 bridgehead atoms. The molecule has 24 atom stereocenters. The van der Waals surface area contributed by atoms with Crippen LogP contribution in [0.15, 0.2) is 11.6 Å². The number of esters is 1. The average Bonchev–Trinajstić information content (AvgIpc) is 3.27. The Balaban J connectivity index is 1.03. The van der Waals surface area contributed by atoms with Crippen LogP contribution >= 0.6 is 0 Å². The SMILES string of the molecule is C[C@@]1(C(=O)O[C@@H]2O[C@H](CO)[C@@H](O)[C@H](O)[C@H]2O)CC[C@]2(C)CC[C@]3(C)C(=CCC4[C@@]5(C)CC[C@H](O[C@@H]6O[C@H](C(=O)O)[C@@H](O)[C@H](O)[C@H]6O[C@@H]6OC[C@@H](O)[C@H](O)[C@H]6O)[C@](C)(CO)C5CC[C@]43C)C2C1. The first kappa shape index (κ1) is 50.5. The molecular formula is C47H74O19. The van der Waals surface area contributed by atoms with Gasteiger partial charge in [0.2, 0.25) is 6.29 Å². The molecule has 0 radical (unpaired) electrons. The van der Waals surface area contributed by atoms with E-state index in [4.69, 9.17) is 28.4 Å². The molecule has 5 aliphatic carbocycles. The minimum Gasteiger partial charge on any atom is -0.479 e. The van der Waals surface area contributed by atoms with Gasteiger partial charge >= 0.3 is 11.9 Å². The normalized spacial score (nSPS) is 55.0. The van der Waals surface area contributed by atoms with Crippen molar-refractivity contribution in [2.24, 2.45) is 50.2 Å². The third kappa shape index (κ3) is 7.73. The molecule has 7 fully saturated rings. The van der Waals surface area contributed by atoms with E-state index in [0.29, 0.717) is 25.7 Å². The van der Waals surface area contributed by atoms with Gasteiger partial charge < -0.3 is 84.6 Å². The van der Waals surface area contributed by atoms with Crippen LogP contribution in [0.3, 0.4) is 0 Å². The van der Waals surface area contributed by atoms with Crippen LogP contribution in [-0.4, -0.2) is 180 Å². The molecule has 376 valence electrons. The monoisotopic (exact) mass is 942 g/mol. The van der Waals surface area contributed by atoms with Crippen LogP contribution in [0.4, 0.5) is 0 Å². The van der Waals surface area contributed by atoms with E-state index in [1.807, 2.05) is 13.8 Å².